The Kier molecular flexibility index (Phi) is 4.15. The summed E-state index contributed by atoms with van der Waals surface area (Å²) in [4.78, 5) is 11.2. The Labute approximate surface area is 105 Å². The monoisotopic (exact) mass is 248 g/mol. The second-order valence-electron chi connectivity index (χ2n) is 3.92. The van der Waals surface area contributed by atoms with Gasteiger partial charge in [0.1, 0.15) is 0 Å². The first-order valence-electron chi connectivity index (χ1n) is 5.92. The van der Waals surface area contributed by atoms with Crippen molar-refractivity contribution in [3.05, 3.63) is 35.2 Å². The molecule has 0 spiro atoms. The third-order valence-corrected chi connectivity index (χ3v) is 3.71. The van der Waals surface area contributed by atoms with Crippen LogP contribution in [0.4, 0.5) is 0 Å². The molecule has 1 aromatic carbocycles. The molecule has 0 atom stereocenters. The van der Waals surface area contributed by atoms with Crippen LogP contribution in [0.1, 0.15) is 25.3 Å². The second kappa shape index (κ2) is 5.82. The lowest BCUT2D eigenvalue weighted by Crippen LogP contribution is -2.03. The van der Waals surface area contributed by atoms with Gasteiger partial charge in [-0.05, 0) is 42.2 Å². The van der Waals surface area contributed by atoms with Gasteiger partial charge in [-0.2, -0.15) is 0 Å². The predicted molar refractivity (Wildman–Crippen MR) is 71.4 cm³/mol. The van der Waals surface area contributed by atoms with E-state index in [1.54, 1.807) is 11.3 Å². The van der Waals surface area contributed by atoms with E-state index in [0.29, 0.717) is 13.0 Å². The number of esters is 1. The van der Waals surface area contributed by atoms with E-state index < -0.39 is 0 Å². The van der Waals surface area contributed by atoms with Crippen molar-refractivity contribution in [1.82, 2.24) is 0 Å². The van der Waals surface area contributed by atoms with Gasteiger partial charge in [-0.3, -0.25) is 4.79 Å². The van der Waals surface area contributed by atoms with E-state index in [0.717, 1.165) is 12.8 Å². The number of hydrogen-bond donors (Lipinski definition) is 0. The van der Waals surface area contributed by atoms with Crippen LogP contribution in [0.3, 0.4) is 0 Å². The molecule has 0 radical (unpaired) electrons. The van der Waals surface area contributed by atoms with Crippen molar-refractivity contribution in [1.29, 1.82) is 0 Å². The molecule has 2 aromatic rings. The van der Waals surface area contributed by atoms with Gasteiger partial charge in [-0.15, -0.1) is 11.3 Å². The number of ether oxygens (including phenoxy) is 1. The summed E-state index contributed by atoms with van der Waals surface area (Å²) in [5, 5.41) is 3.51. The summed E-state index contributed by atoms with van der Waals surface area (Å²) < 4.78 is 6.23. The fourth-order valence-corrected chi connectivity index (χ4v) is 2.88. The average Bonchev–Trinajstić information content (AvgIpc) is 2.73. The first-order chi connectivity index (χ1) is 8.31. The number of carbonyl (C=O) groups is 1. The Morgan fingerprint density at radius 3 is 3.00 bits per heavy atom. The summed E-state index contributed by atoms with van der Waals surface area (Å²) in [6.45, 7) is 2.31. The largest absolute Gasteiger partial charge is 0.466 e. The molecule has 2 rings (SSSR count). The molecule has 0 bridgehead atoms. The van der Waals surface area contributed by atoms with E-state index >= 15 is 0 Å². The van der Waals surface area contributed by atoms with E-state index in [1.165, 1.54) is 15.6 Å². The number of carbonyl (C=O) groups excluding carboxylic acids is 1. The molecule has 90 valence electrons. The van der Waals surface area contributed by atoms with Crippen LogP contribution >= 0.6 is 11.3 Å². The Balaban J connectivity index is 1.93. The molecule has 1 aromatic heterocycles. The summed E-state index contributed by atoms with van der Waals surface area (Å²) >= 11 is 1.77. The highest BCUT2D eigenvalue weighted by molar-refractivity contribution is 7.17. The van der Waals surface area contributed by atoms with Gasteiger partial charge in [0.2, 0.25) is 0 Å². The summed E-state index contributed by atoms with van der Waals surface area (Å²) in [6, 6.07) is 8.39. The standard InChI is InChI=1S/C14H16O2S/c1-2-16-14(15)9-5-6-11-10-17-13-8-4-3-7-12(11)13/h3-4,7-8,10H,2,5-6,9H2,1H3. The lowest BCUT2D eigenvalue weighted by molar-refractivity contribution is -0.143. The van der Waals surface area contributed by atoms with Crippen LogP contribution in [0.2, 0.25) is 0 Å². The van der Waals surface area contributed by atoms with Crippen molar-refractivity contribution < 1.29 is 9.53 Å². The Hall–Kier alpha value is -1.35. The van der Waals surface area contributed by atoms with Gasteiger partial charge in [-0.25, -0.2) is 0 Å². The predicted octanol–water partition coefficient (Wildman–Crippen LogP) is 3.79. The molecule has 0 N–H and O–H groups in total. The number of hydrogen-bond acceptors (Lipinski definition) is 3. The topological polar surface area (TPSA) is 26.3 Å². The normalized spacial score (nSPS) is 10.6. The van der Waals surface area contributed by atoms with Crippen molar-refractivity contribution in [2.24, 2.45) is 0 Å². The lowest BCUT2D eigenvalue weighted by atomic mass is 10.1. The van der Waals surface area contributed by atoms with Crippen LogP contribution in [0, 0.1) is 0 Å². The highest BCUT2D eigenvalue weighted by Crippen LogP contribution is 2.26. The zero-order chi connectivity index (χ0) is 12.1. The molecule has 0 saturated carbocycles. The highest BCUT2D eigenvalue weighted by Gasteiger charge is 2.05. The fourth-order valence-electron chi connectivity index (χ4n) is 1.88. The van der Waals surface area contributed by atoms with Crippen molar-refractivity contribution >= 4 is 27.4 Å². The summed E-state index contributed by atoms with van der Waals surface area (Å²) in [5.41, 5.74) is 1.34. The first-order valence-corrected chi connectivity index (χ1v) is 6.80. The first kappa shape index (κ1) is 12.1. The zero-order valence-electron chi connectivity index (χ0n) is 9.94. The van der Waals surface area contributed by atoms with Crippen molar-refractivity contribution in [2.75, 3.05) is 6.61 Å². The maximum absolute atomic E-state index is 11.2. The van der Waals surface area contributed by atoms with Gasteiger partial charge >= 0.3 is 5.97 Å². The molecule has 3 heteroatoms. The summed E-state index contributed by atoms with van der Waals surface area (Å²) in [5.74, 6) is -0.0907. The van der Waals surface area contributed by atoms with Gasteiger partial charge in [0.15, 0.2) is 0 Å². The molecule has 0 unspecified atom stereocenters. The quantitative estimate of drug-likeness (QED) is 0.752. The number of aryl methyl sites for hydroxylation is 1. The fraction of sp³-hybridized carbons (Fsp3) is 0.357. The molecular formula is C14H16O2S. The molecule has 0 aliphatic heterocycles. The molecule has 17 heavy (non-hydrogen) atoms. The lowest BCUT2D eigenvalue weighted by Gasteiger charge is -2.01. The molecule has 2 nitrogen and oxygen atoms in total. The van der Waals surface area contributed by atoms with Crippen molar-refractivity contribution in [2.45, 2.75) is 26.2 Å². The molecule has 1 heterocycles. The van der Waals surface area contributed by atoms with Gasteiger partial charge < -0.3 is 4.74 Å². The van der Waals surface area contributed by atoms with Crippen LogP contribution in [-0.2, 0) is 16.0 Å². The second-order valence-corrected chi connectivity index (χ2v) is 4.83. The Morgan fingerprint density at radius 2 is 2.18 bits per heavy atom. The Bertz CT molecular complexity index is 502. The van der Waals surface area contributed by atoms with Gasteiger partial charge in [0.25, 0.3) is 0 Å². The van der Waals surface area contributed by atoms with E-state index in [-0.39, 0.29) is 5.97 Å². The number of benzene rings is 1. The van der Waals surface area contributed by atoms with Gasteiger partial charge in [-0.1, -0.05) is 18.2 Å². The number of rotatable bonds is 5. The van der Waals surface area contributed by atoms with Crippen LogP contribution in [-0.4, -0.2) is 12.6 Å². The zero-order valence-corrected chi connectivity index (χ0v) is 10.8. The smallest absolute Gasteiger partial charge is 0.305 e. The van der Waals surface area contributed by atoms with E-state index in [4.69, 9.17) is 4.74 Å². The van der Waals surface area contributed by atoms with Crippen LogP contribution in [0.25, 0.3) is 10.1 Å². The summed E-state index contributed by atoms with van der Waals surface area (Å²) in [6.07, 6.45) is 2.32. The third kappa shape index (κ3) is 3.07. The van der Waals surface area contributed by atoms with E-state index in [9.17, 15) is 4.79 Å². The maximum Gasteiger partial charge on any atom is 0.305 e. The third-order valence-electron chi connectivity index (χ3n) is 2.69. The minimum Gasteiger partial charge on any atom is -0.466 e. The van der Waals surface area contributed by atoms with E-state index in [1.807, 2.05) is 6.92 Å². The van der Waals surface area contributed by atoms with Crippen LogP contribution in [0.15, 0.2) is 29.6 Å². The molecule has 0 fully saturated rings. The maximum atomic E-state index is 11.2. The SMILES string of the molecule is CCOC(=O)CCCc1csc2ccccc12. The number of fused-ring (bicyclic) bond motifs is 1. The van der Waals surface area contributed by atoms with Gasteiger partial charge in [0, 0.05) is 11.1 Å². The molecule has 0 amide bonds. The minimum absolute atomic E-state index is 0.0907. The van der Waals surface area contributed by atoms with Crippen LogP contribution < -0.4 is 0 Å². The van der Waals surface area contributed by atoms with Crippen molar-refractivity contribution in [3.63, 3.8) is 0 Å². The molecule has 0 saturated heterocycles. The van der Waals surface area contributed by atoms with Gasteiger partial charge in [0.05, 0.1) is 6.61 Å². The minimum atomic E-state index is -0.0907. The molecular weight excluding hydrogens is 232 g/mol. The van der Waals surface area contributed by atoms with Crippen molar-refractivity contribution in [3.8, 4) is 0 Å². The average molecular weight is 248 g/mol. The Morgan fingerprint density at radius 1 is 1.35 bits per heavy atom. The van der Waals surface area contributed by atoms with Crippen LogP contribution in [0.5, 0.6) is 0 Å². The van der Waals surface area contributed by atoms with E-state index in [2.05, 4.69) is 29.6 Å². The highest BCUT2D eigenvalue weighted by atomic mass is 32.1. The number of thiophene rings is 1. The molecule has 0 aliphatic rings. The summed E-state index contributed by atoms with van der Waals surface area (Å²) in [7, 11) is 0. The molecule has 0 aliphatic carbocycles.